The number of alkyl halides is 1. The number of aryl methyl sites for hydroxylation is 1. The molecule has 3 aromatic rings. The average molecular weight is 933 g/mol. The number of rotatable bonds is 13. The summed E-state index contributed by atoms with van der Waals surface area (Å²) in [5.74, 6) is 5.15. The van der Waals surface area contributed by atoms with Crippen LogP contribution in [0.4, 0.5) is 4.79 Å². The van der Waals surface area contributed by atoms with E-state index in [1.807, 2.05) is 63.2 Å². The Morgan fingerprint density at radius 3 is 1.35 bits per heavy atom. The van der Waals surface area contributed by atoms with Gasteiger partial charge in [0.1, 0.15) is 5.60 Å². The molecule has 3 aromatic carbocycles. The molecule has 17 heteroatoms. The molecule has 0 aliphatic carbocycles. The van der Waals surface area contributed by atoms with Crippen molar-refractivity contribution in [2.45, 2.75) is 45.6 Å². The summed E-state index contributed by atoms with van der Waals surface area (Å²) in [6.07, 6.45) is 2.34. The van der Waals surface area contributed by atoms with Crippen molar-refractivity contribution in [3.05, 3.63) is 71.3 Å². The van der Waals surface area contributed by atoms with Gasteiger partial charge in [-0.1, -0.05) is 18.2 Å². The number of aliphatic hydroxyl groups is 1. The van der Waals surface area contributed by atoms with Crippen LogP contribution in [0.2, 0.25) is 0 Å². The van der Waals surface area contributed by atoms with Gasteiger partial charge in [0.05, 0.1) is 42.7 Å². The molecular formula is C43H70Cl3KN4O9. The fourth-order valence-electron chi connectivity index (χ4n) is 5.74. The van der Waals surface area contributed by atoms with E-state index >= 15 is 0 Å². The van der Waals surface area contributed by atoms with E-state index in [2.05, 4.69) is 27.7 Å². The molecule has 3 N–H and O–H groups in total. The largest absolute Gasteiger partial charge is 1.00 e. The molecule has 2 aliphatic heterocycles. The Morgan fingerprint density at radius 1 is 0.633 bits per heavy atom. The minimum atomic E-state index is -0.387. The first-order chi connectivity index (χ1) is 27.4. The Morgan fingerprint density at radius 2 is 1.00 bits per heavy atom. The molecule has 0 unspecified atom stereocenters. The van der Waals surface area contributed by atoms with Crippen LogP contribution in [0.25, 0.3) is 0 Å². The number of carbonyl (C=O) groups is 1. The number of aliphatic hydroxyl groups excluding tert-OH is 1. The molecule has 2 heterocycles. The predicted molar refractivity (Wildman–Crippen MR) is 243 cm³/mol. The van der Waals surface area contributed by atoms with Crippen LogP contribution < -0.4 is 90.4 Å². The van der Waals surface area contributed by atoms with Gasteiger partial charge in [0.25, 0.3) is 0 Å². The Labute approximate surface area is 420 Å². The molecule has 0 radical (unpaired) electrons. The van der Waals surface area contributed by atoms with E-state index < -0.39 is 0 Å². The van der Waals surface area contributed by atoms with Gasteiger partial charge in [-0.15, -0.1) is 36.4 Å². The van der Waals surface area contributed by atoms with Crippen molar-refractivity contribution in [1.82, 2.24) is 20.4 Å². The number of hydrogen-bond donors (Lipinski definition) is 3. The Hall–Kier alpha value is -1.92. The SMILES string of the molecule is CC(C)(C)OC(=O)N1CCNCC1.COc1ccc(CCCl)cc1OC.COc1ccc(CCN2CCNCC2)cc1OC.COc1ccc(CCO)cc1OC.Cl.Cl.[H-].[K+]. The summed E-state index contributed by atoms with van der Waals surface area (Å²) in [5, 5.41) is 15.3. The van der Waals surface area contributed by atoms with Crippen molar-refractivity contribution in [3.63, 3.8) is 0 Å². The fraction of sp³-hybridized carbons (Fsp3) is 0.558. The molecule has 338 valence electrons. The van der Waals surface area contributed by atoms with E-state index in [1.54, 1.807) is 47.6 Å². The topological polar surface area (TPSA) is 132 Å². The van der Waals surface area contributed by atoms with Crippen LogP contribution in [-0.4, -0.2) is 141 Å². The van der Waals surface area contributed by atoms with Gasteiger partial charge >= 0.3 is 57.5 Å². The van der Waals surface area contributed by atoms with E-state index in [-0.39, 0.29) is 95.9 Å². The van der Waals surface area contributed by atoms with Crippen molar-refractivity contribution in [1.29, 1.82) is 0 Å². The minimum absolute atomic E-state index is 0. The summed E-state index contributed by atoms with van der Waals surface area (Å²) in [6.45, 7) is 14.6. The number of nitrogens with zero attached hydrogens (tertiary/aromatic N) is 2. The smallest absolute Gasteiger partial charge is 1.00 e. The van der Waals surface area contributed by atoms with Crippen molar-refractivity contribution in [3.8, 4) is 34.5 Å². The summed E-state index contributed by atoms with van der Waals surface area (Å²) in [4.78, 5) is 15.7. The van der Waals surface area contributed by atoms with Gasteiger partial charge in [-0.2, -0.15) is 0 Å². The van der Waals surface area contributed by atoms with E-state index in [0.29, 0.717) is 23.8 Å². The second kappa shape index (κ2) is 34.5. The summed E-state index contributed by atoms with van der Waals surface area (Å²) >= 11 is 5.63. The maximum absolute atomic E-state index is 11.5. The van der Waals surface area contributed by atoms with E-state index in [1.165, 1.54) is 5.56 Å². The van der Waals surface area contributed by atoms with Gasteiger partial charge in [-0.3, -0.25) is 0 Å². The number of piperazine rings is 2. The molecule has 0 saturated carbocycles. The zero-order valence-corrected chi connectivity index (χ0v) is 42.9. The third-order valence-corrected chi connectivity index (χ3v) is 9.01. The number of benzene rings is 3. The summed E-state index contributed by atoms with van der Waals surface area (Å²) in [6, 6.07) is 17.6. The molecule has 5 rings (SSSR count). The number of hydrogen-bond acceptors (Lipinski definition) is 12. The normalized spacial score (nSPS) is 13.2. The van der Waals surface area contributed by atoms with Crippen LogP contribution in [-0.2, 0) is 24.0 Å². The van der Waals surface area contributed by atoms with Gasteiger partial charge in [0, 0.05) is 71.4 Å². The molecule has 60 heavy (non-hydrogen) atoms. The molecule has 0 spiro atoms. The Kier molecular flexibility index (Phi) is 34.6. The van der Waals surface area contributed by atoms with Crippen LogP contribution in [0.3, 0.4) is 0 Å². The monoisotopic (exact) mass is 930 g/mol. The summed E-state index contributed by atoms with van der Waals surface area (Å²) in [5.41, 5.74) is 3.11. The molecule has 1 amide bonds. The first-order valence-corrected chi connectivity index (χ1v) is 19.9. The standard InChI is InChI=1S/C14H22N2O2.C10H13ClO2.C10H14O3.C9H18N2O2.2ClH.K.H/c1-17-13-4-3-12(11-14(13)18-2)5-8-16-9-6-15-7-10-16;2*1-12-9-4-3-8(5-6-11)7-10(9)13-2;1-9(2,3)13-8(12)11-6-4-10-5-7-11;;;;/h3-4,11,15H,5-10H2,1-2H3;3-4,7H,5-6H2,1-2H3;3-4,7,11H,5-6H2,1-2H3;10H,4-7H2,1-3H3;2*1H;;/q;;;;;;+1;-1. The first kappa shape index (κ1) is 60.2. The zero-order valence-electron chi connectivity index (χ0n) is 38.4. The predicted octanol–water partition coefficient (Wildman–Crippen LogP) is 3.66. The second-order valence-corrected chi connectivity index (χ2v) is 14.4. The molecule has 13 nitrogen and oxygen atoms in total. The molecule has 2 fully saturated rings. The Bertz CT molecular complexity index is 1530. The summed E-state index contributed by atoms with van der Waals surface area (Å²) < 4.78 is 36.3. The number of amides is 1. The van der Waals surface area contributed by atoms with Gasteiger partial charge in [0.2, 0.25) is 0 Å². The maximum Gasteiger partial charge on any atom is 1.00 e. The maximum atomic E-state index is 11.5. The molecule has 0 bridgehead atoms. The molecule has 0 aromatic heterocycles. The molecule has 0 atom stereocenters. The fourth-order valence-corrected chi connectivity index (χ4v) is 5.96. The van der Waals surface area contributed by atoms with Crippen molar-refractivity contribution >= 4 is 42.5 Å². The van der Waals surface area contributed by atoms with Gasteiger partial charge < -0.3 is 60.1 Å². The summed E-state index contributed by atoms with van der Waals surface area (Å²) in [7, 11) is 9.79. The Balaban J connectivity index is -0.000000728. The third-order valence-electron chi connectivity index (χ3n) is 8.82. The number of nitrogens with one attached hydrogen (secondary N) is 2. The molecule has 2 saturated heterocycles. The van der Waals surface area contributed by atoms with E-state index in [0.717, 1.165) is 106 Å². The van der Waals surface area contributed by atoms with E-state index in [4.69, 9.17) is 49.9 Å². The van der Waals surface area contributed by atoms with Crippen LogP contribution in [0, 0.1) is 0 Å². The van der Waals surface area contributed by atoms with Gasteiger partial charge in [-0.05, 0) is 93.1 Å². The molecular weight excluding hydrogens is 862 g/mol. The van der Waals surface area contributed by atoms with Crippen molar-refractivity contribution in [2.75, 3.05) is 114 Å². The van der Waals surface area contributed by atoms with Gasteiger partial charge in [-0.25, -0.2) is 4.79 Å². The van der Waals surface area contributed by atoms with Crippen LogP contribution >= 0.6 is 36.4 Å². The molecule has 2 aliphatic rings. The first-order valence-electron chi connectivity index (χ1n) is 19.4. The zero-order chi connectivity index (χ0) is 42.1. The van der Waals surface area contributed by atoms with Crippen molar-refractivity contribution < 1.29 is 95.9 Å². The van der Waals surface area contributed by atoms with Gasteiger partial charge in [0.15, 0.2) is 34.5 Å². The third kappa shape index (κ3) is 23.5. The number of ether oxygens (including phenoxy) is 7. The average Bonchev–Trinajstić information content (AvgIpc) is 3.23. The quantitative estimate of drug-likeness (QED) is 0.171. The number of methoxy groups -OCH3 is 6. The minimum Gasteiger partial charge on any atom is -1.00 e. The van der Waals surface area contributed by atoms with Crippen LogP contribution in [0.1, 0.15) is 38.9 Å². The number of carbonyl (C=O) groups excluding carboxylic acids is 1. The second-order valence-electron chi connectivity index (χ2n) is 14.0. The van der Waals surface area contributed by atoms with Crippen LogP contribution in [0.5, 0.6) is 34.5 Å². The van der Waals surface area contributed by atoms with Crippen molar-refractivity contribution in [2.24, 2.45) is 0 Å². The number of halogens is 3. The van der Waals surface area contributed by atoms with Crippen LogP contribution in [0.15, 0.2) is 54.6 Å². The van der Waals surface area contributed by atoms with E-state index in [9.17, 15) is 4.79 Å².